The molecule has 0 amide bonds. The van der Waals surface area contributed by atoms with Crippen molar-refractivity contribution in [1.29, 1.82) is 0 Å². The van der Waals surface area contributed by atoms with Crippen LogP contribution in [0.5, 0.6) is 0 Å². The van der Waals surface area contributed by atoms with Gasteiger partial charge in [-0.1, -0.05) is 0 Å². The molecule has 1 heterocycles. The van der Waals surface area contributed by atoms with E-state index in [9.17, 15) is 14.5 Å². The van der Waals surface area contributed by atoms with Crippen LogP contribution in [0.2, 0.25) is 0 Å². The molecule has 2 N–H and O–H groups in total. The van der Waals surface area contributed by atoms with E-state index in [2.05, 4.69) is 15.9 Å². The van der Waals surface area contributed by atoms with Gasteiger partial charge in [-0.3, -0.25) is 10.1 Å². The van der Waals surface area contributed by atoms with Crippen molar-refractivity contribution in [1.82, 2.24) is 0 Å². The van der Waals surface area contributed by atoms with Crippen molar-refractivity contribution in [2.24, 2.45) is 5.73 Å². The highest BCUT2D eigenvalue weighted by molar-refractivity contribution is 9.10. The lowest BCUT2D eigenvalue weighted by Crippen LogP contribution is -2.26. The summed E-state index contributed by atoms with van der Waals surface area (Å²) >= 11 is 3.04. The van der Waals surface area contributed by atoms with Crippen LogP contribution in [-0.2, 0) is 0 Å². The van der Waals surface area contributed by atoms with Gasteiger partial charge < -0.3 is 10.6 Å². The van der Waals surface area contributed by atoms with Crippen molar-refractivity contribution in [3.63, 3.8) is 0 Å². The Bertz CT molecular complexity index is 469. The Kier molecular flexibility index (Phi) is 3.30. The van der Waals surface area contributed by atoms with Crippen LogP contribution >= 0.6 is 15.9 Å². The molecule has 2 rings (SSSR count). The molecule has 0 aliphatic carbocycles. The van der Waals surface area contributed by atoms with E-state index in [1.807, 2.05) is 4.90 Å². The molecule has 1 atom stereocenters. The zero-order valence-corrected chi connectivity index (χ0v) is 10.5. The Hall–Kier alpha value is -1.21. The Morgan fingerprint density at radius 2 is 2.29 bits per heavy atom. The molecule has 0 radical (unpaired) electrons. The minimum Gasteiger partial charge on any atom is -0.364 e. The van der Waals surface area contributed by atoms with Gasteiger partial charge in [-0.25, -0.2) is 4.39 Å². The molecule has 0 bridgehead atoms. The molecule has 1 fully saturated rings. The van der Waals surface area contributed by atoms with E-state index >= 15 is 0 Å². The Morgan fingerprint density at radius 3 is 2.82 bits per heavy atom. The van der Waals surface area contributed by atoms with Crippen molar-refractivity contribution < 1.29 is 9.31 Å². The van der Waals surface area contributed by atoms with E-state index in [0.717, 1.165) is 12.5 Å². The van der Waals surface area contributed by atoms with Crippen molar-refractivity contribution in [3.05, 3.63) is 32.5 Å². The second-order valence-corrected chi connectivity index (χ2v) is 4.86. The first kappa shape index (κ1) is 12.3. The fourth-order valence-corrected chi connectivity index (χ4v) is 2.26. The van der Waals surface area contributed by atoms with Crippen molar-refractivity contribution in [3.8, 4) is 0 Å². The molecule has 0 saturated carbocycles. The van der Waals surface area contributed by atoms with E-state index in [4.69, 9.17) is 5.73 Å². The number of hydrogen-bond donors (Lipinski definition) is 1. The third-order valence-electron chi connectivity index (χ3n) is 2.78. The lowest BCUT2D eigenvalue weighted by atomic mass is 10.2. The number of benzene rings is 1. The fourth-order valence-electron chi connectivity index (χ4n) is 1.93. The van der Waals surface area contributed by atoms with E-state index in [1.54, 1.807) is 0 Å². The molecule has 92 valence electrons. The molecule has 1 aromatic carbocycles. The maximum atomic E-state index is 13.3. The zero-order valence-electron chi connectivity index (χ0n) is 8.90. The predicted octanol–water partition coefficient (Wildman–Crippen LogP) is 2.03. The normalized spacial score (nSPS) is 19.7. The second kappa shape index (κ2) is 4.58. The molecule has 17 heavy (non-hydrogen) atoms. The lowest BCUT2D eigenvalue weighted by Gasteiger charge is -2.18. The highest BCUT2D eigenvalue weighted by atomic mass is 79.9. The standard InChI is InChI=1S/C10H11BrFN3O2/c11-7-3-9(14-2-1-6(13)5-14)10(15(16)17)4-8(7)12/h3-4,6H,1-2,5,13H2. The van der Waals surface area contributed by atoms with Crippen LogP contribution in [0.3, 0.4) is 0 Å². The zero-order chi connectivity index (χ0) is 12.6. The van der Waals surface area contributed by atoms with Gasteiger partial charge in [0.25, 0.3) is 5.69 Å². The van der Waals surface area contributed by atoms with E-state index in [0.29, 0.717) is 18.8 Å². The van der Waals surface area contributed by atoms with E-state index in [-0.39, 0.29) is 16.2 Å². The van der Waals surface area contributed by atoms with Crippen LogP contribution in [0.15, 0.2) is 16.6 Å². The number of nitrogens with two attached hydrogens (primary N) is 1. The molecule has 7 heteroatoms. The molecule has 1 aromatic rings. The SMILES string of the molecule is NC1CCN(c2cc(Br)c(F)cc2[N+](=O)[O-])C1. The fraction of sp³-hybridized carbons (Fsp3) is 0.400. The summed E-state index contributed by atoms with van der Waals surface area (Å²) in [6.45, 7) is 1.21. The van der Waals surface area contributed by atoms with Gasteiger partial charge in [-0.15, -0.1) is 0 Å². The minimum absolute atomic E-state index is 0.0124. The van der Waals surface area contributed by atoms with Crippen LogP contribution in [-0.4, -0.2) is 24.1 Å². The largest absolute Gasteiger partial charge is 0.364 e. The maximum absolute atomic E-state index is 13.3. The summed E-state index contributed by atoms with van der Waals surface area (Å²) in [6, 6.07) is 2.38. The number of nitro benzene ring substituents is 1. The van der Waals surface area contributed by atoms with Gasteiger partial charge >= 0.3 is 0 Å². The summed E-state index contributed by atoms with van der Waals surface area (Å²) in [5.74, 6) is -0.635. The maximum Gasteiger partial charge on any atom is 0.295 e. The number of nitrogens with zero attached hydrogens (tertiary/aromatic N) is 2. The quantitative estimate of drug-likeness (QED) is 0.670. The molecule has 0 spiro atoms. The molecule has 1 aliphatic heterocycles. The van der Waals surface area contributed by atoms with Crippen LogP contribution in [0.25, 0.3) is 0 Å². The summed E-state index contributed by atoms with van der Waals surface area (Å²) < 4.78 is 13.5. The summed E-state index contributed by atoms with van der Waals surface area (Å²) in [7, 11) is 0. The highest BCUT2D eigenvalue weighted by Gasteiger charge is 2.27. The third-order valence-corrected chi connectivity index (χ3v) is 3.39. The van der Waals surface area contributed by atoms with Crippen LogP contribution in [0.1, 0.15) is 6.42 Å². The van der Waals surface area contributed by atoms with Crippen molar-refractivity contribution in [2.75, 3.05) is 18.0 Å². The Labute approximate surface area is 106 Å². The third kappa shape index (κ3) is 2.39. The highest BCUT2D eigenvalue weighted by Crippen LogP contribution is 2.34. The smallest absolute Gasteiger partial charge is 0.295 e. The van der Waals surface area contributed by atoms with Crippen LogP contribution in [0.4, 0.5) is 15.8 Å². The minimum atomic E-state index is -0.635. The average Bonchev–Trinajstić information content (AvgIpc) is 2.68. The first-order valence-electron chi connectivity index (χ1n) is 5.13. The van der Waals surface area contributed by atoms with Gasteiger partial charge in [0.05, 0.1) is 15.5 Å². The summed E-state index contributed by atoms with van der Waals surface area (Å²) in [4.78, 5) is 12.1. The van der Waals surface area contributed by atoms with Gasteiger partial charge in [-0.2, -0.15) is 0 Å². The summed E-state index contributed by atoms with van der Waals surface area (Å²) in [5.41, 5.74) is 5.95. The predicted molar refractivity (Wildman–Crippen MR) is 65.6 cm³/mol. The number of nitro groups is 1. The van der Waals surface area contributed by atoms with E-state index < -0.39 is 10.7 Å². The molecule has 1 aliphatic rings. The topological polar surface area (TPSA) is 72.4 Å². The van der Waals surface area contributed by atoms with Crippen LogP contribution < -0.4 is 10.6 Å². The molecular weight excluding hydrogens is 293 g/mol. The van der Waals surface area contributed by atoms with Crippen molar-refractivity contribution in [2.45, 2.75) is 12.5 Å². The molecule has 5 nitrogen and oxygen atoms in total. The lowest BCUT2D eigenvalue weighted by molar-refractivity contribution is -0.384. The van der Waals surface area contributed by atoms with E-state index in [1.165, 1.54) is 6.07 Å². The molecule has 1 unspecified atom stereocenters. The first-order valence-corrected chi connectivity index (χ1v) is 5.92. The average molecular weight is 304 g/mol. The Balaban J connectivity index is 2.44. The van der Waals surface area contributed by atoms with Crippen LogP contribution in [0, 0.1) is 15.9 Å². The van der Waals surface area contributed by atoms with Gasteiger partial charge in [0.1, 0.15) is 11.5 Å². The molecule has 0 aromatic heterocycles. The second-order valence-electron chi connectivity index (χ2n) is 4.01. The first-order chi connectivity index (χ1) is 7.99. The van der Waals surface area contributed by atoms with Gasteiger partial charge in [0, 0.05) is 19.1 Å². The van der Waals surface area contributed by atoms with Crippen molar-refractivity contribution >= 4 is 27.3 Å². The number of rotatable bonds is 2. The summed E-state index contributed by atoms with van der Waals surface area (Å²) in [6.07, 6.45) is 0.784. The monoisotopic (exact) mass is 303 g/mol. The molecule has 1 saturated heterocycles. The van der Waals surface area contributed by atoms with Gasteiger partial charge in [-0.05, 0) is 28.4 Å². The van der Waals surface area contributed by atoms with Gasteiger partial charge in [0.2, 0.25) is 0 Å². The Morgan fingerprint density at radius 1 is 1.59 bits per heavy atom. The number of anilines is 1. The number of halogens is 2. The number of hydrogen-bond acceptors (Lipinski definition) is 4. The molecular formula is C10H11BrFN3O2. The summed E-state index contributed by atoms with van der Waals surface area (Å²) in [5, 5.41) is 10.9. The van der Waals surface area contributed by atoms with Gasteiger partial charge in [0.15, 0.2) is 0 Å².